The summed E-state index contributed by atoms with van der Waals surface area (Å²) in [4.78, 5) is 13.0. The second kappa shape index (κ2) is 7.97. The van der Waals surface area contributed by atoms with E-state index >= 15 is 0 Å². The molecular formula is C22H30ClN4O4P. The average molecular weight is 481 g/mol. The first-order valence-electron chi connectivity index (χ1n) is 11.1. The number of halogens is 1. The van der Waals surface area contributed by atoms with E-state index in [2.05, 4.69) is 31.4 Å². The summed E-state index contributed by atoms with van der Waals surface area (Å²) in [5, 5.41) is 0.358. The highest BCUT2D eigenvalue weighted by atomic mass is 35.5. The standard InChI is InChI=1S/C22H30ClN4O4P/c1-12(2)30-32(31-13(3)4)8-7-22-9-14(22)16(17-18(22)29-21(5,6)28-17)27-11-26-15-19(23)24-10-25-20(15)27/h7-8,10-14,16-18H,9H2,1-6H3. The van der Waals surface area contributed by atoms with Crippen molar-refractivity contribution >= 4 is 31.1 Å². The molecule has 2 saturated carbocycles. The average Bonchev–Trinajstić information content (AvgIpc) is 2.95. The molecule has 8 nitrogen and oxygen atoms in total. The van der Waals surface area contributed by atoms with Crippen molar-refractivity contribution < 1.29 is 18.5 Å². The van der Waals surface area contributed by atoms with Gasteiger partial charge in [-0.05, 0) is 59.7 Å². The third kappa shape index (κ3) is 3.79. The lowest BCUT2D eigenvalue weighted by Crippen LogP contribution is -2.31. The van der Waals surface area contributed by atoms with Crippen molar-refractivity contribution in [3.8, 4) is 0 Å². The van der Waals surface area contributed by atoms with E-state index in [4.69, 9.17) is 30.1 Å². The summed E-state index contributed by atoms with van der Waals surface area (Å²) in [6, 6.07) is 0.0469. The SMILES string of the molecule is CC(C)OP(C=CC12CC1C(n1cnc3c(Cl)ncnc31)C1OC(C)(C)OC12)OC(C)C. The first-order valence-corrected chi connectivity index (χ1v) is 12.7. The number of hydrogen-bond acceptors (Lipinski definition) is 7. The Morgan fingerprint density at radius 2 is 1.88 bits per heavy atom. The van der Waals surface area contributed by atoms with Crippen molar-refractivity contribution in [2.24, 2.45) is 11.3 Å². The Bertz CT molecular complexity index is 1030. The van der Waals surface area contributed by atoms with E-state index in [0.29, 0.717) is 16.6 Å². The smallest absolute Gasteiger partial charge is 0.197 e. The van der Waals surface area contributed by atoms with Gasteiger partial charge in [-0.15, -0.1) is 0 Å². The number of fused-ring (bicyclic) bond motifs is 4. The van der Waals surface area contributed by atoms with Gasteiger partial charge in [0.1, 0.15) is 17.9 Å². The van der Waals surface area contributed by atoms with Crippen molar-refractivity contribution in [3.63, 3.8) is 0 Å². The molecule has 10 heteroatoms. The van der Waals surface area contributed by atoms with Crippen molar-refractivity contribution in [2.75, 3.05) is 0 Å². The molecule has 5 rings (SSSR count). The van der Waals surface area contributed by atoms with Crippen LogP contribution in [0.4, 0.5) is 0 Å². The van der Waals surface area contributed by atoms with Gasteiger partial charge in [0.15, 0.2) is 25.0 Å². The van der Waals surface area contributed by atoms with Crippen LogP contribution in [-0.2, 0) is 18.5 Å². The Balaban J connectivity index is 1.49. The largest absolute Gasteiger partial charge is 0.344 e. The highest BCUT2D eigenvalue weighted by Gasteiger charge is 2.75. The molecule has 0 spiro atoms. The van der Waals surface area contributed by atoms with Gasteiger partial charge in [-0.3, -0.25) is 0 Å². The van der Waals surface area contributed by atoms with E-state index in [9.17, 15) is 0 Å². The Morgan fingerprint density at radius 3 is 2.56 bits per heavy atom. The van der Waals surface area contributed by atoms with Crippen LogP contribution in [0.3, 0.4) is 0 Å². The maximum atomic E-state index is 6.45. The Kier molecular flexibility index (Phi) is 5.63. The van der Waals surface area contributed by atoms with Crippen LogP contribution in [0.2, 0.25) is 5.15 Å². The molecular weight excluding hydrogens is 451 g/mol. The van der Waals surface area contributed by atoms with E-state index in [1.165, 1.54) is 6.33 Å². The highest BCUT2D eigenvalue weighted by Crippen LogP contribution is 2.72. The minimum atomic E-state index is -1.13. The molecule has 1 aliphatic heterocycles. The van der Waals surface area contributed by atoms with Crippen LogP contribution < -0.4 is 0 Å². The quantitative estimate of drug-likeness (QED) is 0.396. The second-order valence-corrected chi connectivity index (χ2v) is 11.5. The third-order valence-corrected chi connectivity index (χ3v) is 8.21. The summed E-state index contributed by atoms with van der Waals surface area (Å²) in [6.45, 7) is 12.1. The molecule has 2 aromatic heterocycles. The zero-order valence-electron chi connectivity index (χ0n) is 19.2. The summed E-state index contributed by atoms with van der Waals surface area (Å²) in [7, 11) is -1.13. The topological polar surface area (TPSA) is 80.5 Å². The van der Waals surface area contributed by atoms with Gasteiger partial charge < -0.3 is 23.1 Å². The van der Waals surface area contributed by atoms with Crippen LogP contribution >= 0.6 is 20.0 Å². The van der Waals surface area contributed by atoms with Crippen LogP contribution in [0.1, 0.15) is 54.0 Å². The Hall–Kier alpha value is -1.15. The highest BCUT2D eigenvalue weighted by molar-refractivity contribution is 7.50. The molecule has 0 aromatic carbocycles. The normalized spacial score (nSPS) is 33.2. The predicted octanol–water partition coefficient (Wildman–Crippen LogP) is 5.24. The van der Waals surface area contributed by atoms with Gasteiger partial charge in [-0.25, -0.2) is 15.0 Å². The minimum Gasteiger partial charge on any atom is -0.344 e. The molecule has 3 fully saturated rings. The molecule has 5 atom stereocenters. The number of ether oxygens (including phenoxy) is 2. The fourth-order valence-electron chi connectivity index (χ4n) is 5.16. The van der Waals surface area contributed by atoms with Crippen molar-refractivity contribution in [2.45, 2.75) is 84.2 Å². The molecule has 0 N–H and O–H groups in total. The molecule has 5 unspecified atom stereocenters. The number of rotatable bonds is 7. The number of imidazole rings is 1. The predicted molar refractivity (Wildman–Crippen MR) is 122 cm³/mol. The van der Waals surface area contributed by atoms with Crippen molar-refractivity contribution in [3.05, 3.63) is 29.7 Å². The molecule has 174 valence electrons. The van der Waals surface area contributed by atoms with E-state index in [-0.39, 0.29) is 35.9 Å². The molecule has 1 saturated heterocycles. The lowest BCUT2D eigenvalue weighted by Gasteiger charge is -2.24. The number of hydrogen-bond donors (Lipinski definition) is 0. The van der Waals surface area contributed by atoms with Gasteiger partial charge in [0.25, 0.3) is 0 Å². The first-order chi connectivity index (χ1) is 15.1. The molecule has 3 aliphatic rings. The number of aromatic nitrogens is 4. The summed E-state index contributed by atoms with van der Waals surface area (Å²) in [5.41, 5.74) is 1.21. The molecule has 32 heavy (non-hydrogen) atoms. The monoisotopic (exact) mass is 480 g/mol. The summed E-state index contributed by atoms with van der Waals surface area (Å²) < 4.78 is 27.0. The van der Waals surface area contributed by atoms with Gasteiger partial charge in [0.05, 0.1) is 30.7 Å². The van der Waals surface area contributed by atoms with Crippen LogP contribution in [-0.4, -0.2) is 49.7 Å². The molecule has 3 heterocycles. The van der Waals surface area contributed by atoms with Gasteiger partial charge in [-0.1, -0.05) is 17.7 Å². The fourth-order valence-corrected chi connectivity index (χ4v) is 6.76. The van der Waals surface area contributed by atoms with Gasteiger partial charge in [0.2, 0.25) is 0 Å². The van der Waals surface area contributed by atoms with Crippen molar-refractivity contribution in [1.29, 1.82) is 0 Å². The van der Waals surface area contributed by atoms with E-state index < -0.39 is 14.2 Å². The van der Waals surface area contributed by atoms with Crippen LogP contribution in [0.15, 0.2) is 24.5 Å². The lowest BCUT2D eigenvalue weighted by atomic mass is 9.99. The fraction of sp³-hybridized carbons (Fsp3) is 0.682. The summed E-state index contributed by atoms with van der Waals surface area (Å²) >= 11 is 6.26. The molecule has 2 aliphatic carbocycles. The Morgan fingerprint density at radius 1 is 1.16 bits per heavy atom. The summed E-state index contributed by atoms with van der Waals surface area (Å²) in [5.74, 6) is 1.79. The molecule has 0 bridgehead atoms. The van der Waals surface area contributed by atoms with Gasteiger partial charge >= 0.3 is 0 Å². The number of nitrogens with zero attached hydrogens (tertiary/aromatic N) is 4. The zero-order valence-corrected chi connectivity index (χ0v) is 20.9. The summed E-state index contributed by atoms with van der Waals surface area (Å²) in [6.07, 6.45) is 6.55. The van der Waals surface area contributed by atoms with Crippen LogP contribution in [0.5, 0.6) is 0 Å². The lowest BCUT2D eigenvalue weighted by molar-refractivity contribution is -0.159. The van der Waals surface area contributed by atoms with Gasteiger partial charge in [0, 0.05) is 5.41 Å². The first kappa shape index (κ1) is 22.6. The molecule has 0 radical (unpaired) electrons. The maximum absolute atomic E-state index is 6.45. The second-order valence-electron chi connectivity index (χ2n) is 9.83. The van der Waals surface area contributed by atoms with E-state index in [1.807, 2.05) is 41.5 Å². The van der Waals surface area contributed by atoms with E-state index in [1.54, 1.807) is 6.33 Å². The minimum absolute atomic E-state index is 0.0469. The van der Waals surface area contributed by atoms with Crippen LogP contribution in [0.25, 0.3) is 11.2 Å². The molecule has 0 amide bonds. The van der Waals surface area contributed by atoms with Crippen molar-refractivity contribution in [1.82, 2.24) is 19.5 Å². The maximum Gasteiger partial charge on any atom is 0.197 e. The third-order valence-electron chi connectivity index (χ3n) is 6.28. The van der Waals surface area contributed by atoms with E-state index in [0.717, 1.165) is 12.1 Å². The van der Waals surface area contributed by atoms with Crippen LogP contribution in [0, 0.1) is 11.3 Å². The molecule has 2 aromatic rings. The zero-order chi connectivity index (χ0) is 22.8. The Labute approximate surface area is 194 Å². The van der Waals surface area contributed by atoms with Gasteiger partial charge in [-0.2, -0.15) is 0 Å².